The van der Waals surface area contributed by atoms with E-state index in [9.17, 15) is 4.79 Å². The zero-order chi connectivity index (χ0) is 9.52. The monoisotopic (exact) mass is 177 g/mol. The van der Waals surface area contributed by atoms with Gasteiger partial charge in [-0.3, -0.25) is 0 Å². The maximum atomic E-state index is 10.2. The molecular formula is C9H11N3O. The standard InChI is InChI=1S/C9H11N3O/c10-9(13)12-7-6-11-8-4-2-1-3-5-8/h1-5,7,11H,6H2,(H2,10,13). The van der Waals surface area contributed by atoms with Gasteiger partial charge in [-0.15, -0.1) is 0 Å². The van der Waals surface area contributed by atoms with Gasteiger partial charge in [0, 0.05) is 11.9 Å². The number of rotatable bonds is 3. The van der Waals surface area contributed by atoms with Crippen LogP contribution in [0.25, 0.3) is 0 Å². The van der Waals surface area contributed by atoms with Crippen LogP contribution in [0, 0.1) is 0 Å². The van der Waals surface area contributed by atoms with E-state index in [0.29, 0.717) is 6.54 Å². The largest absolute Gasteiger partial charge is 0.380 e. The highest BCUT2D eigenvalue weighted by molar-refractivity contribution is 5.83. The summed E-state index contributed by atoms with van der Waals surface area (Å²) in [4.78, 5) is 13.6. The molecule has 3 N–H and O–H groups in total. The number of nitrogens with one attached hydrogen (secondary N) is 1. The van der Waals surface area contributed by atoms with E-state index in [0.717, 1.165) is 5.69 Å². The fraction of sp³-hybridized carbons (Fsp3) is 0.111. The van der Waals surface area contributed by atoms with Crippen LogP contribution in [0.5, 0.6) is 0 Å². The lowest BCUT2D eigenvalue weighted by Gasteiger charge is -2.00. The minimum absolute atomic E-state index is 0.493. The first-order valence-corrected chi connectivity index (χ1v) is 3.90. The van der Waals surface area contributed by atoms with E-state index >= 15 is 0 Å². The van der Waals surface area contributed by atoms with Crippen molar-refractivity contribution in [3.8, 4) is 0 Å². The first-order valence-electron chi connectivity index (χ1n) is 3.90. The van der Waals surface area contributed by atoms with E-state index in [1.165, 1.54) is 6.21 Å². The molecule has 0 saturated carbocycles. The normalized spacial score (nSPS) is 10.2. The van der Waals surface area contributed by atoms with E-state index in [2.05, 4.69) is 10.3 Å². The number of hydrogen-bond acceptors (Lipinski definition) is 2. The van der Waals surface area contributed by atoms with Gasteiger partial charge in [-0.25, -0.2) is 9.79 Å². The Hall–Kier alpha value is -1.84. The van der Waals surface area contributed by atoms with Gasteiger partial charge < -0.3 is 11.1 Å². The SMILES string of the molecule is NC(=O)N=CCNc1ccccc1. The second kappa shape index (κ2) is 4.92. The number of carbonyl (C=O) groups excluding carboxylic acids is 1. The van der Waals surface area contributed by atoms with Crippen LogP contribution in [0.1, 0.15) is 0 Å². The fourth-order valence-corrected chi connectivity index (χ4v) is 0.855. The molecule has 0 heterocycles. The molecule has 0 radical (unpaired) electrons. The maximum absolute atomic E-state index is 10.2. The second-order valence-corrected chi connectivity index (χ2v) is 2.40. The van der Waals surface area contributed by atoms with Crippen molar-refractivity contribution in [1.82, 2.24) is 0 Å². The predicted octanol–water partition coefficient (Wildman–Crippen LogP) is 1.25. The van der Waals surface area contributed by atoms with Crippen LogP contribution < -0.4 is 11.1 Å². The van der Waals surface area contributed by atoms with Gasteiger partial charge in [-0.2, -0.15) is 0 Å². The Morgan fingerprint density at radius 2 is 2.15 bits per heavy atom. The molecular weight excluding hydrogens is 166 g/mol. The molecule has 0 aliphatic heterocycles. The summed E-state index contributed by atoms with van der Waals surface area (Å²) < 4.78 is 0. The Kier molecular flexibility index (Phi) is 3.50. The predicted molar refractivity (Wildman–Crippen MR) is 53.0 cm³/mol. The van der Waals surface area contributed by atoms with Crippen molar-refractivity contribution in [3.05, 3.63) is 30.3 Å². The van der Waals surface area contributed by atoms with Crippen molar-refractivity contribution >= 4 is 17.9 Å². The van der Waals surface area contributed by atoms with Crippen molar-refractivity contribution in [2.75, 3.05) is 11.9 Å². The van der Waals surface area contributed by atoms with Crippen molar-refractivity contribution in [3.63, 3.8) is 0 Å². The smallest absolute Gasteiger partial charge is 0.338 e. The minimum atomic E-state index is -0.671. The molecule has 13 heavy (non-hydrogen) atoms. The zero-order valence-electron chi connectivity index (χ0n) is 7.10. The van der Waals surface area contributed by atoms with Crippen LogP contribution >= 0.6 is 0 Å². The highest BCUT2D eigenvalue weighted by Gasteiger charge is 1.86. The number of carbonyl (C=O) groups is 1. The van der Waals surface area contributed by atoms with Crippen molar-refractivity contribution in [2.24, 2.45) is 10.7 Å². The Morgan fingerprint density at radius 3 is 2.77 bits per heavy atom. The molecule has 1 aromatic rings. The molecule has 0 aliphatic carbocycles. The van der Waals surface area contributed by atoms with Gasteiger partial charge in [0.25, 0.3) is 0 Å². The average molecular weight is 177 g/mol. The van der Waals surface area contributed by atoms with Crippen LogP contribution in [-0.2, 0) is 0 Å². The fourth-order valence-electron chi connectivity index (χ4n) is 0.855. The summed E-state index contributed by atoms with van der Waals surface area (Å²) in [5.74, 6) is 0. The number of amides is 2. The van der Waals surface area contributed by atoms with E-state index in [4.69, 9.17) is 5.73 Å². The number of primary amides is 1. The van der Waals surface area contributed by atoms with E-state index < -0.39 is 6.03 Å². The first-order chi connectivity index (χ1) is 6.29. The van der Waals surface area contributed by atoms with Crippen molar-refractivity contribution in [1.29, 1.82) is 0 Å². The summed E-state index contributed by atoms with van der Waals surface area (Å²) in [6, 6.07) is 8.97. The topological polar surface area (TPSA) is 67.5 Å². The Balaban J connectivity index is 2.32. The number of anilines is 1. The number of hydrogen-bond donors (Lipinski definition) is 2. The van der Waals surface area contributed by atoms with Gasteiger partial charge >= 0.3 is 6.03 Å². The lowest BCUT2D eigenvalue weighted by molar-refractivity contribution is 0.257. The molecule has 4 nitrogen and oxygen atoms in total. The molecule has 0 aromatic heterocycles. The van der Waals surface area contributed by atoms with E-state index in [1.54, 1.807) is 0 Å². The van der Waals surface area contributed by atoms with Crippen molar-refractivity contribution in [2.45, 2.75) is 0 Å². The molecule has 0 fully saturated rings. The molecule has 4 heteroatoms. The maximum Gasteiger partial charge on any atom is 0.338 e. The lowest BCUT2D eigenvalue weighted by Crippen LogP contribution is -2.08. The average Bonchev–Trinajstić information content (AvgIpc) is 2.14. The van der Waals surface area contributed by atoms with E-state index in [1.807, 2.05) is 30.3 Å². The first kappa shape index (κ1) is 9.25. The molecule has 0 bridgehead atoms. The van der Waals surface area contributed by atoms with Crippen LogP contribution in [0.4, 0.5) is 10.5 Å². The third-order valence-corrected chi connectivity index (χ3v) is 1.39. The van der Waals surface area contributed by atoms with Crippen molar-refractivity contribution < 1.29 is 4.79 Å². The summed E-state index contributed by atoms with van der Waals surface area (Å²) in [6.45, 7) is 0.493. The molecule has 1 aromatic carbocycles. The number of nitrogens with two attached hydrogens (primary N) is 1. The summed E-state index contributed by atoms with van der Waals surface area (Å²) >= 11 is 0. The van der Waals surface area contributed by atoms with Crippen LogP contribution in [0.2, 0.25) is 0 Å². The third-order valence-electron chi connectivity index (χ3n) is 1.39. The Morgan fingerprint density at radius 1 is 1.46 bits per heavy atom. The number of nitrogens with zero attached hydrogens (tertiary/aromatic N) is 1. The molecule has 1 rings (SSSR count). The number of aliphatic imine (C=N–C) groups is 1. The molecule has 0 aliphatic rings. The molecule has 0 unspecified atom stereocenters. The van der Waals surface area contributed by atoms with Crippen LogP contribution in [0.3, 0.4) is 0 Å². The molecule has 0 saturated heterocycles. The molecule has 0 atom stereocenters. The van der Waals surface area contributed by atoms with Gasteiger partial charge in [-0.1, -0.05) is 18.2 Å². The summed E-state index contributed by atoms with van der Waals surface area (Å²) in [6.07, 6.45) is 1.44. The molecule has 68 valence electrons. The van der Waals surface area contributed by atoms with Gasteiger partial charge in [0.15, 0.2) is 0 Å². The summed E-state index contributed by atoms with van der Waals surface area (Å²) in [7, 11) is 0. The summed E-state index contributed by atoms with van der Waals surface area (Å²) in [5, 5.41) is 3.04. The molecule has 0 spiro atoms. The lowest BCUT2D eigenvalue weighted by atomic mass is 10.3. The number of benzene rings is 1. The number of para-hydroxylation sites is 1. The quantitative estimate of drug-likeness (QED) is 0.682. The van der Waals surface area contributed by atoms with Gasteiger partial charge in [0.2, 0.25) is 0 Å². The van der Waals surface area contributed by atoms with Gasteiger partial charge in [0.05, 0.1) is 6.54 Å². The highest BCUT2D eigenvalue weighted by atomic mass is 16.2. The van der Waals surface area contributed by atoms with Gasteiger partial charge in [-0.05, 0) is 12.1 Å². The second-order valence-electron chi connectivity index (χ2n) is 2.40. The summed E-state index contributed by atoms with van der Waals surface area (Å²) in [5.41, 5.74) is 5.79. The molecule has 2 amide bonds. The third kappa shape index (κ3) is 3.91. The Bertz CT molecular complexity index is 295. The zero-order valence-corrected chi connectivity index (χ0v) is 7.10. The number of urea groups is 1. The Labute approximate surface area is 76.5 Å². The van der Waals surface area contributed by atoms with Crippen LogP contribution in [0.15, 0.2) is 35.3 Å². The van der Waals surface area contributed by atoms with Gasteiger partial charge in [0.1, 0.15) is 0 Å². The highest BCUT2D eigenvalue weighted by Crippen LogP contribution is 2.02. The van der Waals surface area contributed by atoms with E-state index in [-0.39, 0.29) is 0 Å². The minimum Gasteiger partial charge on any atom is -0.380 e. The van der Waals surface area contributed by atoms with Crippen LogP contribution in [-0.4, -0.2) is 18.8 Å².